The zero-order chi connectivity index (χ0) is 10.3. The van der Waals surface area contributed by atoms with E-state index < -0.39 is 0 Å². The molecule has 2 heteroatoms. The zero-order valence-electron chi connectivity index (χ0n) is 8.88. The summed E-state index contributed by atoms with van der Waals surface area (Å²) in [6, 6.07) is 6.81. The van der Waals surface area contributed by atoms with Gasteiger partial charge >= 0.3 is 0 Å². The molecular formula is C13H16BrN. The molecule has 0 unspecified atom stereocenters. The van der Waals surface area contributed by atoms with Crippen LogP contribution >= 0.6 is 15.9 Å². The molecule has 0 spiro atoms. The standard InChI is InChI=1S/C13H16BrN/c14-11-5-6-12(10-3-4-10)13(9-11)15-7-1-2-8-15/h5-6,9-10H,1-4,7-8H2. The van der Waals surface area contributed by atoms with Gasteiger partial charge in [-0.05, 0) is 49.3 Å². The summed E-state index contributed by atoms with van der Waals surface area (Å²) in [6.07, 6.45) is 5.50. The van der Waals surface area contributed by atoms with Crippen molar-refractivity contribution in [3.63, 3.8) is 0 Å². The number of rotatable bonds is 2. The summed E-state index contributed by atoms with van der Waals surface area (Å²) >= 11 is 3.59. The van der Waals surface area contributed by atoms with Crippen LogP contribution in [0.2, 0.25) is 0 Å². The minimum atomic E-state index is 0.855. The van der Waals surface area contributed by atoms with Crippen LogP contribution in [0.3, 0.4) is 0 Å². The van der Waals surface area contributed by atoms with Crippen LogP contribution in [0.25, 0.3) is 0 Å². The molecule has 1 nitrogen and oxygen atoms in total. The van der Waals surface area contributed by atoms with Crippen molar-refractivity contribution in [1.82, 2.24) is 0 Å². The van der Waals surface area contributed by atoms with Gasteiger partial charge in [0.15, 0.2) is 0 Å². The highest BCUT2D eigenvalue weighted by atomic mass is 79.9. The van der Waals surface area contributed by atoms with Crippen LogP contribution in [0.4, 0.5) is 5.69 Å². The van der Waals surface area contributed by atoms with Crippen molar-refractivity contribution < 1.29 is 0 Å². The molecule has 0 radical (unpaired) electrons. The van der Waals surface area contributed by atoms with Crippen molar-refractivity contribution in [2.75, 3.05) is 18.0 Å². The van der Waals surface area contributed by atoms with Crippen LogP contribution in [0.5, 0.6) is 0 Å². The Hall–Kier alpha value is -0.500. The van der Waals surface area contributed by atoms with Gasteiger partial charge < -0.3 is 4.90 Å². The van der Waals surface area contributed by atoms with Crippen molar-refractivity contribution >= 4 is 21.6 Å². The van der Waals surface area contributed by atoms with E-state index in [0.717, 1.165) is 5.92 Å². The molecule has 3 rings (SSSR count). The Bertz CT molecular complexity index is 365. The number of anilines is 1. The number of hydrogen-bond donors (Lipinski definition) is 0. The molecule has 1 saturated carbocycles. The summed E-state index contributed by atoms with van der Waals surface area (Å²) < 4.78 is 1.22. The van der Waals surface area contributed by atoms with Crippen molar-refractivity contribution in [3.8, 4) is 0 Å². The van der Waals surface area contributed by atoms with Gasteiger partial charge in [0, 0.05) is 23.2 Å². The van der Waals surface area contributed by atoms with Gasteiger partial charge in [-0.2, -0.15) is 0 Å². The number of halogens is 1. The van der Waals surface area contributed by atoms with Crippen LogP contribution in [0.1, 0.15) is 37.2 Å². The lowest BCUT2D eigenvalue weighted by molar-refractivity contribution is 0.945. The quantitative estimate of drug-likeness (QED) is 0.784. The highest BCUT2D eigenvalue weighted by Gasteiger charge is 2.28. The minimum Gasteiger partial charge on any atom is -0.371 e. The Balaban J connectivity index is 1.98. The third kappa shape index (κ3) is 1.92. The van der Waals surface area contributed by atoms with Gasteiger partial charge in [-0.25, -0.2) is 0 Å². The molecule has 1 saturated heterocycles. The van der Waals surface area contributed by atoms with Crippen LogP contribution in [-0.2, 0) is 0 Å². The van der Waals surface area contributed by atoms with E-state index in [-0.39, 0.29) is 0 Å². The molecule has 80 valence electrons. The fraction of sp³-hybridized carbons (Fsp3) is 0.538. The summed E-state index contributed by atoms with van der Waals surface area (Å²) in [5.74, 6) is 0.855. The second-order valence-electron chi connectivity index (χ2n) is 4.67. The smallest absolute Gasteiger partial charge is 0.0412 e. The second-order valence-corrected chi connectivity index (χ2v) is 5.59. The first-order valence-electron chi connectivity index (χ1n) is 5.89. The Morgan fingerprint density at radius 2 is 1.87 bits per heavy atom. The SMILES string of the molecule is Brc1ccc(C2CC2)c(N2CCCC2)c1. The Morgan fingerprint density at radius 1 is 1.13 bits per heavy atom. The highest BCUT2D eigenvalue weighted by Crippen LogP contribution is 2.45. The molecule has 1 aromatic rings. The zero-order valence-corrected chi connectivity index (χ0v) is 10.5. The fourth-order valence-electron chi connectivity index (χ4n) is 2.49. The molecule has 2 aliphatic rings. The lowest BCUT2D eigenvalue weighted by atomic mass is 10.1. The van der Waals surface area contributed by atoms with Gasteiger partial charge in [0.05, 0.1) is 0 Å². The molecule has 1 heterocycles. The maximum Gasteiger partial charge on any atom is 0.0412 e. The predicted molar refractivity (Wildman–Crippen MR) is 67.6 cm³/mol. The van der Waals surface area contributed by atoms with Crippen molar-refractivity contribution in [2.24, 2.45) is 0 Å². The molecule has 0 aromatic heterocycles. The largest absolute Gasteiger partial charge is 0.371 e. The first-order valence-corrected chi connectivity index (χ1v) is 6.68. The van der Waals surface area contributed by atoms with Crippen LogP contribution in [0.15, 0.2) is 22.7 Å². The average molecular weight is 266 g/mol. The van der Waals surface area contributed by atoms with E-state index in [4.69, 9.17) is 0 Å². The fourth-order valence-corrected chi connectivity index (χ4v) is 2.84. The van der Waals surface area contributed by atoms with Gasteiger partial charge in [0.2, 0.25) is 0 Å². The Labute approximate surface area is 99.6 Å². The summed E-state index contributed by atoms with van der Waals surface area (Å²) in [4.78, 5) is 2.55. The molecule has 1 aromatic carbocycles. The molecule has 1 aliphatic carbocycles. The highest BCUT2D eigenvalue weighted by molar-refractivity contribution is 9.10. The molecule has 0 N–H and O–H groups in total. The Kier molecular flexibility index (Phi) is 2.47. The predicted octanol–water partition coefficient (Wildman–Crippen LogP) is 3.93. The van der Waals surface area contributed by atoms with E-state index >= 15 is 0 Å². The maximum atomic E-state index is 3.59. The molecule has 1 aliphatic heterocycles. The van der Waals surface area contributed by atoms with Gasteiger partial charge in [-0.1, -0.05) is 22.0 Å². The minimum absolute atomic E-state index is 0.855. The normalized spacial score (nSPS) is 21.0. The Morgan fingerprint density at radius 3 is 2.53 bits per heavy atom. The van der Waals surface area contributed by atoms with Gasteiger partial charge in [-0.3, -0.25) is 0 Å². The molecule has 0 bridgehead atoms. The summed E-state index contributed by atoms with van der Waals surface area (Å²) in [5, 5.41) is 0. The second kappa shape index (κ2) is 3.82. The third-order valence-corrected chi connectivity index (χ3v) is 3.95. The number of benzene rings is 1. The van der Waals surface area contributed by atoms with E-state index in [1.807, 2.05) is 0 Å². The molecular weight excluding hydrogens is 250 g/mol. The third-order valence-electron chi connectivity index (χ3n) is 3.46. The van der Waals surface area contributed by atoms with Crippen molar-refractivity contribution in [2.45, 2.75) is 31.6 Å². The van der Waals surface area contributed by atoms with Crippen molar-refractivity contribution in [1.29, 1.82) is 0 Å². The van der Waals surface area contributed by atoms with E-state index in [1.54, 1.807) is 5.56 Å². The van der Waals surface area contributed by atoms with Crippen molar-refractivity contribution in [3.05, 3.63) is 28.2 Å². The van der Waals surface area contributed by atoms with E-state index in [2.05, 4.69) is 39.0 Å². The van der Waals surface area contributed by atoms with E-state index in [0.29, 0.717) is 0 Å². The van der Waals surface area contributed by atoms with E-state index in [9.17, 15) is 0 Å². The number of hydrogen-bond acceptors (Lipinski definition) is 1. The first-order chi connectivity index (χ1) is 7.34. The number of nitrogens with zero attached hydrogens (tertiary/aromatic N) is 1. The summed E-state index contributed by atoms with van der Waals surface area (Å²) in [6.45, 7) is 2.49. The molecule has 0 amide bonds. The average Bonchev–Trinajstić information content (AvgIpc) is 2.94. The topological polar surface area (TPSA) is 3.24 Å². The van der Waals surface area contributed by atoms with Gasteiger partial charge in [0.25, 0.3) is 0 Å². The lowest BCUT2D eigenvalue weighted by Gasteiger charge is -2.21. The van der Waals surface area contributed by atoms with Crippen LogP contribution in [-0.4, -0.2) is 13.1 Å². The molecule has 0 atom stereocenters. The first kappa shape index (κ1) is 9.71. The lowest BCUT2D eigenvalue weighted by Crippen LogP contribution is -2.19. The molecule has 15 heavy (non-hydrogen) atoms. The van der Waals surface area contributed by atoms with E-state index in [1.165, 1.54) is 48.9 Å². The van der Waals surface area contributed by atoms with Crippen LogP contribution < -0.4 is 4.90 Å². The van der Waals surface area contributed by atoms with Gasteiger partial charge in [-0.15, -0.1) is 0 Å². The monoisotopic (exact) mass is 265 g/mol. The molecule has 2 fully saturated rings. The van der Waals surface area contributed by atoms with Gasteiger partial charge in [0.1, 0.15) is 0 Å². The summed E-state index contributed by atoms with van der Waals surface area (Å²) in [7, 11) is 0. The maximum absolute atomic E-state index is 3.59. The summed E-state index contributed by atoms with van der Waals surface area (Å²) in [5.41, 5.74) is 3.07. The van der Waals surface area contributed by atoms with Crippen LogP contribution in [0, 0.1) is 0 Å².